The number of nitrogens with zero attached hydrogens (tertiary/aromatic N) is 1. The molecule has 4 nitrogen and oxygen atoms in total. The monoisotopic (exact) mass is 449 g/mol. The summed E-state index contributed by atoms with van der Waals surface area (Å²) in [6.45, 7) is 10.9. The van der Waals surface area contributed by atoms with Crippen molar-refractivity contribution in [3.05, 3.63) is 11.6 Å². The first-order chi connectivity index (χ1) is 15.4. The molecule has 0 radical (unpaired) electrons. The predicted molar refractivity (Wildman–Crippen MR) is 126 cm³/mol. The maximum absolute atomic E-state index is 14.0. The number of allylic oxidation sites excluding steroid dienone is 2. The molecule has 9 unspecified atom stereocenters. The van der Waals surface area contributed by atoms with Crippen LogP contribution in [0.2, 0.25) is 0 Å². The SMILES string of the molecule is CC1CCC2(C=O)CCC3C(C(=O)CC4C5(C)C=C(C#N)C(=O)C(C)(C)C5CCC34C)C2C1. The first-order valence-corrected chi connectivity index (χ1v) is 13.1. The molecule has 0 N–H and O–H groups in total. The summed E-state index contributed by atoms with van der Waals surface area (Å²) < 4.78 is 0. The van der Waals surface area contributed by atoms with E-state index >= 15 is 0 Å². The van der Waals surface area contributed by atoms with Gasteiger partial charge in [-0.05, 0) is 85.4 Å². The Morgan fingerprint density at radius 3 is 2.36 bits per heavy atom. The van der Waals surface area contributed by atoms with Crippen molar-refractivity contribution in [1.82, 2.24) is 0 Å². The summed E-state index contributed by atoms with van der Waals surface area (Å²) in [6.07, 6.45) is 10.5. The van der Waals surface area contributed by atoms with Gasteiger partial charge in [0, 0.05) is 23.2 Å². The van der Waals surface area contributed by atoms with Crippen LogP contribution in [0.5, 0.6) is 0 Å². The van der Waals surface area contributed by atoms with E-state index in [4.69, 9.17) is 0 Å². The van der Waals surface area contributed by atoms with Crippen molar-refractivity contribution in [3.63, 3.8) is 0 Å². The lowest BCUT2D eigenvalue weighted by molar-refractivity contribution is -0.187. The fourth-order valence-corrected chi connectivity index (χ4v) is 10.0. The minimum atomic E-state index is -0.589. The van der Waals surface area contributed by atoms with Crippen LogP contribution >= 0.6 is 0 Å². The number of ketones is 2. The highest BCUT2D eigenvalue weighted by molar-refractivity contribution is 6.04. The second-order valence-electron chi connectivity index (χ2n) is 13.4. The number of nitriles is 1. The number of fused-ring (bicyclic) bond motifs is 7. The third-order valence-corrected chi connectivity index (χ3v) is 11.7. The molecule has 5 rings (SSSR count). The maximum Gasteiger partial charge on any atom is 0.178 e. The summed E-state index contributed by atoms with van der Waals surface area (Å²) in [4.78, 5) is 39.4. The number of hydrogen-bond donors (Lipinski definition) is 0. The molecule has 4 saturated carbocycles. The molecule has 0 aromatic heterocycles. The van der Waals surface area contributed by atoms with Crippen molar-refractivity contribution >= 4 is 17.9 Å². The van der Waals surface area contributed by atoms with Crippen molar-refractivity contribution in [2.45, 2.75) is 86.0 Å². The predicted octanol–water partition coefficient (Wildman–Crippen LogP) is 5.70. The zero-order valence-corrected chi connectivity index (χ0v) is 20.9. The van der Waals surface area contributed by atoms with Gasteiger partial charge in [-0.15, -0.1) is 0 Å². The van der Waals surface area contributed by atoms with Gasteiger partial charge < -0.3 is 4.79 Å². The fraction of sp³-hybridized carbons (Fsp3) is 0.793. The molecule has 0 aliphatic heterocycles. The van der Waals surface area contributed by atoms with Gasteiger partial charge >= 0.3 is 0 Å². The normalized spacial score (nSPS) is 50.6. The fourth-order valence-electron chi connectivity index (χ4n) is 10.0. The smallest absolute Gasteiger partial charge is 0.178 e. The highest BCUT2D eigenvalue weighted by atomic mass is 16.1. The number of rotatable bonds is 1. The van der Waals surface area contributed by atoms with Crippen molar-refractivity contribution in [1.29, 1.82) is 5.26 Å². The summed E-state index contributed by atoms with van der Waals surface area (Å²) in [5.41, 5.74) is -0.959. The van der Waals surface area contributed by atoms with Crippen LogP contribution in [0, 0.1) is 68.5 Å². The first-order valence-electron chi connectivity index (χ1n) is 13.1. The van der Waals surface area contributed by atoms with Crippen LogP contribution in [-0.2, 0) is 14.4 Å². The van der Waals surface area contributed by atoms with Gasteiger partial charge in [0.1, 0.15) is 18.1 Å². The van der Waals surface area contributed by atoms with E-state index < -0.39 is 5.41 Å². The Morgan fingerprint density at radius 2 is 1.70 bits per heavy atom. The number of aldehydes is 1. The van der Waals surface area contributed by atoms with Gasteiger partial charge in [0.25, 0.3) is 0 Å². The van der Waals surface area contributed by atoms with E-state index in [1.54, 1.807) is 0 Å². The van der Waals surface area contributed by atoms with Crippen molar-refractivity contribution in [2.75, 3.05) is 0 Å². The summed E-state index contributed by atoms with van der Waals surface area (Å²) >= 11 is 0. The molecule has 0 saturated heterocycles. The van der Waals surface area contributed by atoms with E-state index in [0.29, 0.717) is 24.0 Å². The molecule has 5 aliphatic rings. The second kappa shape index (κ2) is 7.12. The standard InChI is InChI=1S/C29H39NO3/c1-17-6-10-29(16-31)11-7-19-24(20(29)12-17)21(32)13-23-27(19,4)9-8-22-26(2,3)25(33)18(15-30)14-28(22,23)5/h14,16-17,19-20,22-24H,6-13H2,1-5H3. The molecule has 178 valence electrons. The van der Waals surface area contributed by atoms with E-state index in [-0.39, 0.29) is 51.3 Å². The van der Waals surface area contributed by atoms with E-state index in [9.17, 15) is 19.6 Å². The molecule has 0 spiro atoms. The van der Waals surface area contributed by atoms with Crippen LogP contribution in [0.4, 0.5) is 0 Å². The van der Waals surface area contributed by atoms with Crippen LogP contribution in [0.15, 0.2) is 11.6 Å². The Kier molecular flexibility index (Phi) is 4.97. The van der Waals surface area contributed by atoms with Gasteiger partial charge in [0.05, 0.1) is 5.57 Å². The van der Waals surface area contributed by atoms with Gasteiger partial charge in [-0.3, -0.25) is 9.59 Å². The molecule has 33 heavy (non-hydrogen) atoms. The molecule has 0 heterocycles. The molecule has 5 aliphatic carbocycles. The van der Waals surface area contributed by atoms with Gasteiger partial charge in [-0.25, -0.2) is 0 Å². The number of carbonyl (C=O) groups excluding carboxylic acids is 3. The summed E-state index contributed by atoms with van der Waals surface area (Å²) in [5.74, 6) is 1.62. The molecule has 0 amide bonds. The highest BCUT2D eigenvalue weighted by Gasteiger charge is 2.67. The Balaban J connectivity index is 1.59. The molecule has 0 bridgehead atoms. The quantitative estimate of drug-likeness (QED) is 0.481. The van der Waals surface area contributed by atoms with Crippen LogP contribution in [0.25, 0.3) is 0 Å². The Hall–Kier alpha value is -1.76. The summed E-state index contributed by atoms with van der Waals surface area (Å²) in [6, 6.07) is 2.19. The maximum atomic E-state index is 14.0. The van der Waals surface area contributed by atoms with Crippen LogP contribution in [0.1, 0.15) is 86.0 Å². The van der Waals surface area contributed by atoms with Crippen molar-refractivity contribution in [3.8, 4) is 6.07 Å². The Bertz CT molecular complexity index is 987. The Labute approximate surface area is 198 Å². The van der Waals surface area contributed by atoms with Gasteiger partial charge in [0.15, 0.2) is 5.78 Å². The van der Waals surface area contributed by atoms with Crippen molar-refractivity contribution in [2.24, 2.45) is 57.2 Å². The van der Waals surface area contributed by atoms with E-state index in [1.165, 1.54) is 6.29 Å². The highest BCUT2D eigenvalue weighted by Crippen LogP contribution is 2.71. The zero-order valence-electron chi connectivity index (χ0n) is 20.9. The molecular weight excluding hydrogens is 410 g/mol. The van der Waals surface area contributed by atoms with Gasteiger partial charge in [-0.1, -0.05) is 40.7 Å². The van der Waals surface area contributed by atoms with Gasteiger partial charge in [0.2, 0.25) is 0 Å². The third kappa shape index (κ3) is 2.83. The first kappa shape index (κ1) is 23.0. The number of hydrogen-bond acceptors (Lipinski definition) is 4. The summed E-state index contributed by atoms with van der Waals surface area (Å²) in [7, 11) is 0. The van der Waals surface area contributed by atoms with E-state index in [0.717, 1.165) is 44.9 Å². The lowest BCUT2D eigenvalue weighted by Crippen LogP contribution is -2.64. The molecule has 4 heteroatoms. The third-order valence-electron chi connectivity index (χ3n) is 11.7. The number of carbonyl (C=O) groups is 3. The second-order valence-corrected chi connectivity index (χ2v) is 13.4. The Morgan fingerprint density at radius 1 is 1.00 bits per heavy atom. The average molecular weight is 450 g/mol. The number of Topliss-reactive ketones (excluding diaryl/α,β-unsaturated/α-hetero) is 2. The average Bonchev–Trinajstić information content (AvgIpc) is 2.77. The van der Waals surface area contributed by atoms with E-state index in [1.807, 2.05) is 19.9 Å². The lowest BCUT2D eigenvalue weighted by atomic mass is 9.36. The minimum absolute atomic E-state index is 0.00686. The zero-order chi connectivity index (χ0) is 24.0. The molecule has 0 aromatic rings. The molecule has 0 aromatic carbocycles. The lowest BCUT2D eigenvalue weighted by Gasteiger charge is -2.67. The van der Waals surface area contributed by atoms with Crippen molar-refractivity contribution < 1.29 is 14.4 Å². The summed E-state index contributed by atoms with van der Waals surface area (Å²) in [5, 5.41) is 9.77. The van der Waals surface area contributed by atoms with Crippen LogP contribution in [-0.4, -0.2) is 17.9 Å². The largest absolute Gasteiger partial charge is 0.303 e. The molecule has 4 fully saturated rings. The minimum Gasteiger partial charge on any atom is -0.303 e. The van der Waals surface area contributed by atoms with Gasteiger partial charge in [-0.2, -0.15) is 5.26 Å². The molecule has 9 atom stereocenters. The van der Waals surface area contributed by atoms with Crippen LogP contribution < -0.4 is 0 Å². The van der Waals surface area contributed by atoms with Crippen LogP contribution in [0.3, 0.4) is 0 Å². The topological polar surface area (TPSA) is 75.0 Å². The van der Waals surface area contributed by atoms with E-state index in [2.05, 4.69) is 26.8 Å². The molecular formula is C29H39NO3.